The molecular weight excluding hydrogens is 310 g/mol. The minimum atomic E-state index is -0.408. The Hall–Kier alpha value is -2.67. The monoisotopic (exact) mass is 329 g/mol. The number of rotatable bonds is 6. The number of carbonyl (C=O) groups is 1. The van der Waals surface area contributed by atoms with Crippen LogP contribution in [-0.4, -0.2) is 36.3 Å². The smallest absolute Gasteiger partial charge is 0.316 e. The van der Waals surface area contributed by atoms with E-state index in [1.165, 1.54) is 0 Å². The average Bonchev–Trinajstić information content (AvgIpc) is 3.17. The second-order valence-corrected chi connectivity index (χ2v) is 5.58. The molecule has 0 aliphatic carbocycles. The Kier molecular flexibility index (Phi) is 4.61. The second kappa shape index (κ2) is 6.84. The first kappa shape index (κ1) is 16.2. The summed E-state index contributed by atoms with van der Waals surface area (Å²) < 4.78 is 15.8. The van der Waals surface area contributed by atoms with Gasteiger partial charge in [0.2, 0.25) is 5.82 Å². The predicted molar refractivity (Wildman–Crippen MR) is 87.8 cm³/mol. The fraction of sp³-hybridized carbons (Fsp3) is 0.353. The van der Waals surface area contributed by atoms with Gasteiger partial charge in [0.1, 0.15) is 5.58 Å². The van der Waals surface area contributed by atoms with Crippen LogP contribution >= 0.6 is 0 Å². The molecule has 0 radical (unpaired) electrons. The van der Waals surface area contributed by atoms with Crippen LogP contribution in [0, 0.1) is 13.8 Å². The van der Waals surface area contributed by atoms with Crippen molar-refractivity contribution in [3.63, 3.8) is 0 Å². The zero-order valence-corrected chi connectivity index (χ0v) is 13.9. The first-order chi connectivity index (χ1) is 11.6. The molecule has 1 aromatic carbocycles. The summed E-state index contributed by atoms with van der Waals surface area (Å²) in [6, 6.07) is 5.93. The van der Waals surface area contributed by atoms with Crippen LogP contribution in [0.5, 0.6) is 0 Å². The standard InChI is InChI=1S/C17H19N3O4/c1-10-5-6-13-12(9-10)11(2)14(23-13)15-19-17(24-20-15)16(21)18-7-4-8-22-3/h5-6,9H,4,7-8H2,1-3H3,(H,18,21). The number of amides is 1. The number of methoxy groups -OCH3 is 1. The molecule has 0 saturated carbocycles. The van der Waals surface area contributed by atoms with E-state index in [1.54, 1.807) is 7.11 Å². The maximum Gasteiger partial charge on any atom is 0.316 e. The molecule has 126 valence electrons. The predicted octanol–water partition coefficient (Wildman–Crippen LogP) is 2.87. The highest BCUT2D eigenvalue weighted by Gasteiger charge is 2.21. The lowest BCUT2D eigenvalue weighted by Crippen LogP contribution is -2.25. The molecule has 7 nitrogen and oxygen atoms in total. The minimum absolute atomic E-state index is 0.0848. The van der Waals surface area contributed by atoms with E-state index in [-0.39, 0.29) is 11.7 Å². The van der Waals surface area contributed by atoms with Gasteiger partial charge in [-0.05, 0) is 32.4 Å². The number of nitrogens with zero attached hydrogens (tertiary/aromatic N) is 2. The van der Waals surface area contributed by atoms with Crippen molar-refractivity contribution in [2.45, 2.75) is 20.3 Å². The third-order valence-corrected chi connectivity index (χ3v) is 3.73. The molecule has 0 aliphatic rings. The van der Waals surface area contributed by atoms with E-state index >= 15 is 0 Å². The third-order valence-electron chi connectivity index (χ3n) is 3.73. The molecule has 0 bridgehead atoms. The molecule has 0 fully saturated rings. The van der Waals surface area contributed by atoms with E-state index in [9.17, 15) is 4.79 Å². The number of aromatic nitrogens is 2. The summed E-state index contributed by atoms with van der Waals surface area (Å²) in [7, 11) is 1.61. The molecule has 2 aromatic heterocycles. The molecule has 3 rings (SSSR count). The first-order valence-electron chi connectivity index (χ1n) is 7.71. The van der Waals surface area contributed by atoms with Crippen molar-refractivity contribution in [2.75, 3.05) is 20.3 Å². The number of hydrogen-bond donors (Lipinski definition) is 1. The van der Waals surface area contributed by atoms with Crippen LogP contribution in [-0.2, 0) is 4.74 Å². The van der Waals surface area contributed by atoms with Crippen LogP contribution in [0.15, 0.2) is 27.1 Å². The maximum absolute atomic E-state index is 12.0. The van der Waals surface area contributed by atoms with E-state index in [0.29, 0.717) is 25.3 Å². The van der Waals surface area contributed by atoms with Crippen molar-refractivity contribution in [2.24, 2.45) is 0 Å². The van der Waals surface area contributed by atoms with Gasteiger partial charge in [-0.3, -0.25) is 4.79 Å². The highest BCUT2D eigenvalue weighted by Crippen LogP contribution is 2.31. The summed E-state index contributed by atoms with van der Waals surface area (Å²) in [5.74, 6) is 0.286. The summed E-state index contributed by atoms with van der Waals surface area (Å²) in [6.07, 6.45) is 0.714. The summed E-state index contributed by atoms with van der Waals surface area (Å²) in [5, 5.41) is 7.57. The number of fused-ring (bicyclic) bond motifs is 1. The SMILES string of the molecule is COCCCNC(=O)c1nc(-c2oc3ccc(C)cc3c2C)no1. The normalized spacial score (nSPS) is 11.1. The zero-order chi connectivity index (χ0) is 17.1. The molecule has 0 spiro atoms. The van der Waals surface area contributed by atoms with Gasteiger partial charge in [0, 0.05) is 31.2 Å². The zero-order valence-electron chi connectivity index (χ0n) is 13.9. The van der Waals surface area contributed by atoms with Gasteiger partial charge < -0.3 is 19.0 Å². The molecule has 0 saturated heterocycles. The molecule has 0 atom stereocenters. The molecule has 7 heteroatoms. The summed E-state index contributed by atoms with van der Waals surface area (Å²) in [6.45, 7) is 5.01. The van der Waals surface area contributed by atoms with E-state index in [4.69, 9.17) is 13.7 Å². The van der Waals surface area contributed by atoms with E-state index < -0.39 is 5.91 Å². The Morgan fingerprint density at radius 3 is 2.96 bits per heavy atom. The Bertz CT molecular complexity index is 866. The van der Waals surface area contributed by atoms with Crippen LogP contribution < -0.4 is 5.32 Å². The number of nitrogens with one attached hydrogen (secondary N) is 1. The molecule has 1 amide bonds. The molecule has 2 heterocycles. The lowest BCUT2D eigenvalue weighted by atomic mass is 10.1. The lowest BCUT2D eigenvalue weighted by Gasteiger charge is -2.00. The van der Waals surface area contributed by atoms with Gasteiger partial charge in [-0.2, -0.15) is 4.98 Å². The summed E-state index contributed by atoms with van der Waals surface area (Å²) in [5.41, 5.74) is 2.81. The van der Waals surface area contributed by atoms with Crippen LogP contribution in [0.3, 0.4) is 0 Å². The lowest BCUT2D eigenvalue weighted by molar-refractivity contribution is 0.0905. The average molecular weight is 329 g/mol. The molecular formula is C17H19N3O4. The van der Waals surface area contributed by atoms with Crippen LogP contribution in [0.4, 0.5) is 0 Å². The van der Waals surface area contributed by atoms with Crippen LogP contribution in [0.2, 0.25) is 0 Å². The number of benzene rings is 1. The van der Waals surface area contributed by atoms with Crippen molar-refractivity contribution < 1.29 is 18.5 Å². The minimum Gasteiger partial charge on any atom is -0.452 e. The van der Waals surface area contributed by atoms with Gasteiger partial charge in [-0.15, -0.1) is 0 Å². The van der Waals surface area contributed by atoms with Crippen LogP contribution in [0.1, 0.15) is 28.2 Å². The topological polar surface area (TPSA) is 90.4 Å². The molecule has 0 aliphatic heterocycles. The van der Waals surface area contributed by atoms with Gasteiger partial charge in [0.15, 0.2) is 5.76 Å². The Labute approximate surface area is 139 Å². The van der Waals surface area contributed by atoms with Gasteiger partial charge in [0.25, 0.3) is 0 Å². The molecule has 3 aromatic rings. The quantitative estimate of drug-likeness (QED) is 0.699. The van der Waals surface area contributed by atoms with Crippen molar-refractivity contribution in [3.8, 4) is 11.6 Å². The third kappa shape index (κ3) is 3.16. The Balaban J connectivity index is 1.80. The number of aryl methyl sites for hydroxylation is 2. The second-order valence-electron chi connectivity index (χ2n) is 5.58. The van der Waals surface area contributed by atoms with E-state index in [1.807, 2.05) is 32.0 Å². The van der Waals surface area contributed by atoms with Gasteiger partial charge in [0.05, 0.1) is 0 Å². The van der Waals surface area contributed by atoms with Gasteiger partial charge in [-0.1, -0.05) is 16.8 Å². The summed E-state index contributed by atoms with van der Waals surface area (Å²) in [4.78, 5) is 16.1. The number of ether oxygens (including phenoxy) is 1. The van der Waals surface area contributed by atoms with Crippen molar-refractivity contribution in [3.05, 3.63) is 35.2 Å². The van der Waals surface area contributed by atoms with E-state index in [0.717, 1.165) is 22.1 Å². The van der Waals surface area contributed by atoms with E-state index in [2.05, 4.69) is 15.5 Å². The fourth-order valence-corrected chi connectivity index (χ4v) is 2.45. The number of hydrogen-bond acceptors (Lipinski definition) is 6. The fourth-order valence-electron chi connectivity index (χ4n) is 2.45. The number of carbonyl (C=O) groups excluding carboxylic acids is 1. The number of furan rings is 1. The van der Waals surface area contributed by atoms with Crippen molar-refractivity contribution in [1.82, 2.24) is 15.5 Å². The van der Waals surface area contributed by atoms with Crippen LogP contribution in [0.25, 0.3) is 22.6 Å². The molecule has 1 N–H and O–H groups in total. The van der Waals surface area contributed by atoms with Crippen molar-refractivity contribution >= 4 is 16.9 Å². The first-order valence-corrected chi connectivity index (χ1v) is 7.71. The van der Waals surface area contributed by atoms with Gasteiger partial charge in [-0.25, -0.2) is 0 Å². The van der Waals surface area contributed by atoms with Crippen molar-refractivity contribution in [1.29, 1.82) is 0 Å². The largest absolute Gasteiger partial charge is 0.452 e. The Morgan fingerprint density at radius 1 is 1.33 bits per heavy atom. The Morgan fingerprint density at radius 2 is 2.17 bits per heavy atom. The summed E-state index contributed by atoms with van der Waals surface area (Å²) >= 11 is 0. The highest BCUT2D eigenvalue weighted by molar-refractivity contribution is 5.90. The van der Waals surface area contributed by atoms with Gasteiger partial charge >= 0.3 is 11.8 Å². The molecule has 24 heavy (non-hydrogen) atoms. The highest BCUT2D eigenvalue weighted by atomic mass is 16.5. The maximum atomic E-state index is 12.0. The molecule has 0 unspecified atom stereocenters.